The van der Waals surface area contributed by atoms with Crippen LogP contribution in [0, 0.1) is 0 Å². The van der Waals surface area contributed by atoms with E-state index in [1.807, 2.05) is 6.92 Å². The molecule has 0 fully saturated rings. The monoisotopic (exact) mass is 328 g/mol. The van der Waals surface area contributed by atoms with Gasteiger partial charge < -0.3 is 25.2 Å². The van der Waals surface area contributed by atoms with E-state index in [-0.39, 0.29) is 0 Å². The Bertz CT molecular complexity index is 499. The highest BCUT2D eigenvalue weighted by Crippen LogP contribution is 2.20. The van der Waals surface area contributed by atoms with E-state index in [0.29, 0.717) is 0 Å². The summed E-state index contributed by atoms with van der Waals surface area (Å²) in [5, 5.41) is 35.0. The molecule has 1 aliphatic heterocycles. The average Bonchev–Trinajstić information content (AvgIpc) is 2.74. The normalized spacial score (nSPS) is 18.7. The first-order valence-corrected chi connectivity index (χ1v) is 7.10. The number of hydrogen-bond donors (Lipinski definition) is 4. The van der Waals surface area contributed by atoms with E-state index in [2.05, 4.69) is 24.7 Å². The Morgan fingerprint density at radius 3 is 2.30 bits per heavy atom. The zero-order valence-electron chi connectivity index (χ0n) is 13.5. The molecule has 0 radical (unpaired) electrons. The number of aliphatic hydroxyl groups excluding tert-OH is 4. The number of rotatable bonds is 6. The van der Waals surface area contributed by atoms with Gasteiger partial charge in [-0.1, -0.05) is 17.2 Å². The lowest BCUT2D eigenvalue weighted by Crippen LogP contribution is -2.31. The highest BCUT2D eigenvalue weighted by atomic mass is 16.6. The third-order valence-electron chi connectivity index (χ3n) is 2.92. The molecule has 0 saturated carbocycles. The Labute approximate surface area is 135 Å². The predicted octanol–water partition coefficient (Wildman–Crippen LogP) is 1.47. The van der Waals surface area contributed by atoms with Gasteiger partial charge in [0.25, 0.3) is 0 Å². The van der Waals surface area contributed by atoms with Crippen molar-refractivity contribution in [1.29, 1.82) is 0 Å². The molecular formula is C16H24O7. The molecule has 0 aromatic heterocycles. The number of aliphatic hydroxyl groups is 4. The van der Waals surface area contributed by atoms with E-state index in [4.69, 9.17) is 20.4 Å². The molecule has 0 amide bonds. The number of cyclic esters (lactones) is 1. The van der Waals surface area contributed by atoms with Crippen molar-refractivity contribution in [2.24, 2.45) is 0 Å². The zero-order chi connectivity index (χ0) is 18.0. The molecule has 4 N–H and O–H groups in total. The number of carbonyl (C=O) groups excluding carboxylic acids is 2. The van der Waals surface area contributed by atoms with Gasteiger partial charge in [-0.2, -0.15) is 0 Å². The van der Waals surface area contributed by atoms with Crippen molar-refractivity contribution in [3.63, 3.8) is 0 Å². The molecule has 1 heterocycles. The molecule has 0 unspecified atom stereocenters. The molecule has 7 nitrogen and oxygen atoms in total. The van der Waals surface area contributed by atoms with Crippen LogP contribution in [0.15, 0.2) is 34.8 Å². The topological polar surface area (TPSA) is 124 Å². The SMILES string of the molecule is CC(C)=CCC/C(C)=C/C=O.O=C1O[C@H]([C@@H](O)CO)C(O)=C1O. The van der Waals surface area contributed by atoms with Gasteiger partial charge in [0.1, 0.15) is 12.4 Å². The van der Waals surface area contributed by atoms with Crippen molar-refractivity contribution in [2.45, 2.75) is 45.8 Å². The van der Waals surface area contributed by atoms with Crippen molar-refractivity contribution in [3.05, 3.63) is 34.8 Å². The van der Waals surface area contributed by atoms with Crippen LogP contribution in [0.3, 0.4) is 0 Å². The van der Waals surface area contributed by atoms with Gasteiger partial charge in [0.15, 0.2) is 11.9 Å². The number of hydrogen-bond acceptors (Lipinski definition) is 7. The van der Waals surface area contributed by atoms with Gasteiger partial charge in [-0.25, -0.2) is 4.79 Å². The summed E-state index contributed by atoms with van der Waals surface area (Å²) in [4.78, 5) is 20.6. The minimum atomic E-state index is -1.42. The third-order valence-corrected chi connectivity index (χ3v) is 2.92. The summed E-state index contributed by atoms with van der Waals surface area (Å²) in [6, 6.07) is 0. The summed E-state index contributed by atoms with van der Waals surface area (Å²) in [7, 11) is 0. The summed E-state index contributed by atoms with van der Waals surface area (Å²) in [5.74, 6) is -2.78. The molecule has 1 rings (SSSR count). The lowest BCUT2D eigenvalue weighted by atomic mass is 10.1. The first-order valence-electron chi connectivity index (χ1n) is 7.10. The molecule has 0 aliphatic carbocycles. The fraction of sp³-hybridized carbons (Fsp3) is 0.500. The molecular weight excluding hydrogens is 304 g/mol. The molecule has 0 bridgehead atoms. The Hall–Kier alpha value is -2.12. The standard InChI is InChI=1S/C10H16O.C6H8O6/c1-9(2)5-4-6-10(3)7-8-11;7-1-2(8)5-3(9)4(10)6(11)12-5/h5,7-8H,4,6H2,1-3H3;2,5,7-10H,1H2/b10-7+;/t;2-,5+/m.0/s1. The molecule has 0 aromatic rings. The molecule has 1 aliphatic rings. The third kappa shape index (κ3) is 7.62. The van der Waals surface area contributed by atoms with Gasteiger partial charge in [-0.15, -0.1) is 0 Å². The molecule has 2 atom stereocenters. The molecule has 0 aromatic carbocycles. The van der Waals surface area contributed by atoms with Gasteiger partial charge in [0.2, 0.25) is 5.76 Å². The highest BCUT2D eigenvalue weighted by Gasteiger charge is 2.38. The summed E-state index contributed by atoms with van der Waals surface area (Å²) < 4.78 is 4.32. The second-order valence-corrected chi connectivity index (χ2v) is 5.28. The summed E-state index contributed by atoms with van der Waals surface area (Å²) in [6.07, 6.45) is 3.91. The smallest absolute Gasteiger partial charge is 0.377 e. The van der Waals surface area contributed by atoms with Crippen molar-refractivity contribution in [1.82, 2.24) is 0 Å². The molecule has 23 heavy (non-hydrogen) atoms. The van der Waals surface area contributed by atoms with E-state index >= 15 is 0 Å². The van der Waals surface area contributed by atoms with E-state index in [1.54, 1.807) is 6.08 Å². The van der Waals surface area contributed by atoms with E-state index < -0.39 is 36.3 Å². The quantitative estimate of drug-likeness (QED) is 0.252. The average molecular weight is 328 g/mol. The summed E-state index contributed by atoms with van der Waals surface area (Å²) >= 11 is 0. The molecule has 0 saturated heterocycles. The van der Waals surface area contributed by atoms with Crippen molar-refractivity contribution in [2.75, 3.05) is 6.61 Å². The number of ether oxygens (including phenoxy) is 1. The number of esters is 1. The van der Waals surface area contributed by atoms with Crippen LogP contribution in [-0.4, -0.2) is 51.5 Å². The minimum absolute atomic E-state index is 0.671. The van der Waals surface area contributed by atoms with Crippen LogP contribution >= 0.6 is 0 Å². The summed E-state index contributed by atoms with van der Waals surface area (Å²) in [6.45, 7) is 5.47. The van der Waals surface area contributed by atoms with Gasteiger partial charge in [0.05, 0.1) is 6.61 Å². The lowest BCUT2D eigenvalue weighted by Gasteiger charge is -2.13. The van der Waals surface area contributed by atoms with Gasteiger partial charge in [0, 0.05) is 0 Å². The van der Waals surface area contributed by atoms with Crippen LogP contribution in [0.1, 0.15) is 33.6 Å². The molecule has 130 valence electrons. The van der Waals surface area contributed by atoms with Crippen LogP contribution < -0.4 is 0 Å². The number of carbonyl (C=O) groups is 2. The number of aldehydes is 1. The van der Waals surface area contributed by atoms with E-state index in [1.165, 1.54) is 5.57 Å². The van der Waals surface area contributed by atoms with Gasteiger partial charge in [-0.05, 0) is 39.7 Å². The van der Waals surface area contributed by atoms with Crippen molar-refractivity contribution >= 4 is 12.3 Å². The van der Waals surface area contributed by atoms with E-state index in [9.17, 15) is 9.59 Å². The molecule has 7 heteroatoms. The second kappa shape index (κ2) is 10.6. The fourth-order valence-electron chi connectivity index (χ4n) is 1.61. The first kappa shape index (κ1) is 20.9. The van der Waals surface area contributed by atoms with Gasteiger partial charge >= 0.3 is 5.97 Å². The minimum Gasteiger partial charge on any atom is -0.505 e. The lowest BCUT2D eigenvalue weighted by molar-refractivity contribution is -0.147. The maximum absolute atomic E-state index is 10.5. The number of allylic oxidation sites excluding steroid dienone is 4. The first-order chi connectivity index (χ1) is 10.7. The Balaban J connectivity index is 0.000000423. The van der Waals surface area contributed by atoms with Crippen molar-refractivity contribution < 1.29 is 34.8 Å². The summed E-state index contributed by atoms with van der Waals surface area (Å²) in [5.41, 5.74) is 2.49. The fourth-order valence-corrected chi connectivity index (χ4v) is 1.61. The Morgan fingerprint density at radius 2 is 1.91 bits per heavy atom. The van der Waals surface area contributed by atoms with Crippen LogP contribution in [0.25, 0.3) is 0 Å². The predicted molar refractivity (Wildman–Crippen MR) is 83.7 cm³/mol. The maximum atomic E-state index is 10.5. The Kier molecular flexibility index (Phi) is 9.60. The van der Waals surface area contributed by atoms with E-state index in [0.717, 1.165) is 24.7 Å². The van der Waals surface area contributed by atoms with Crippen LogP contribution in [0.4, 0.5) is 0 Å². The Morgan fingerprint density at radius 1 is 1.30 bits per heavy atom. The van der Waals surface area contributed by atoms with Gasteiger partial charge in [-0.3, -0.25) is 4.79 Å². The van der Waals surface area contributed by atoms with Crippen LogP contribution in [-0.2, 0) is 14.3 Å². The van der Waals surface area contributed by atoms with Crippen LogP contribution in [0.2, 0.25) is 0 Å². The van der Waals surface area contributed by atoms with Crippen molar-refractivity contribution in [3.8, 4) is 0 Å². The second-order valence-electron chi connectivity index (χ2n) is 5.28. The van der Waals surface area contributed by atoms with Crippen LogP contribution in [0.5, 0.6) is 0 Å². The maximum Gasteiger partial charge on any atom is 0.377 e. The highest BCUT2D eigenvalue weighted by molar-refractivity contribution is 5.89. The molecule has 0 spiro atoms. The zero-order valence-corrected chi connectivity index (χ0v) is 13.5. The largest absolute Gasteiger partial charge is 0.505 e.